The Morgan fingerprint density at radius 2 is 2.05 bits per heavy atom. The summed E-state index contributed by atoms with van der Waals surface area (Å²) in [5.41, 5.74) is -0.204. The zero-order chi connectivity index (χ0) is 14.2. The molecule has 3 fully saturated rings. The minimum absolute atomic E-state index is 0.204. The predicted octanol–water partition coefficient (Wildman–Crippen LogP) is 2.92. The number of hydrogen-bond donors (Lipinski definition) is 1. The summed E-state index contributed by atoms with van der Waals surface area (Å²) in [6.07, 6.45) is 10.1. The van der Waals surface area contributed by atoms with Gasteiger partial charge in [0.05, 0.1) is 6.07 Å². The minimum atomic E-state index is -0.204. The van der Waals surface area contributed by atoms with Crippen molar-refractivity contribution in [2.45, 2.75) is 75.9 Å². The first kappa shape index (κ1) is 14.4. The smallest absolute Gasteiger partial charge is 0.109 e. The zero-order valence-electron chi connectivity index (χ0n) is 13.1. The Morgan fingerprint density at radius 1 is 1.30 bits per heavy atom. The van der Waals surface area contributed by atoms with Crippen LogP contribution in [0.3, 0.4) is 0 Å². The third-order valence-corrected chi connectivity index (χ3v) is 5.89. The zero-order valence-corrected chi connectivity index (χ0v) is 13.1. The molecule has 0 bridgehead atoms. The van der Waals surface area contributed by atoms with Crippen LogP contribution in [0.2, 0.25) is 0 Å². The SMILES string of the molecule is CC(C1CC1)N(C)CCC1CCCC1(C#N)NC1CC1. The summed E-state index contributed by atoms with van der Waals surface area (Å²) in [6, 6.07) is 4.02. The third-order valence-electron chi connectivity index (χ3n) is 5.89. The highest BCUT2D eigenvalue weighted by atomic mass is 15.1. The highest BCUT2D eigenvalue weighted by Crippen LogP contribution is 2.40. The second kappa shape index (κ2) is 5.66. The summed E-state index contributed by atoms with van der Waals surface area (Å²) in [5, 5.41) is 13.4. The van der Waals surface area contributed by atoms with Gasteiger partial charge in [0.25, 0.3) is 0 Å². The van der Waals surface area contributed by atoms with E-state index in [1.54, 1.807) is 0 Å². The van der Waals surface area contributed by atoms with Gasteiger partial charge in [0, 0.05) is 12.1 Å². The highest BCUT2D eigenvalue weighted by Gasteiger charge is 2.46. The first-order valence-corrected chi connectivity index (χ1v) is 8.54. The molecular weight excluding hydrogens is 246 g/mol. The maximum Gasteiger partial charge on any atom is 0.109 e. The molecule has 20 heavy (non-hydrogen) atoms. The van der Waals surface area contributed by atoms with Gasteiger partial charge >= 0.3 is 0 Å². The van der Waals surface area contributed by atoms with Crippen LogP contribution in [-0.2, 0) is 0 Å². The van der Waals surface area contributed by atoms with Crippen molar-refractivity contribution in [3.05, 3.63) is 0 Å². The molecule has 1 N–H and O–H groups in total. The van der Waals surface area contributed by atoms with E-state index in [1.165, 1.54) is 44.9 Å². The molecular formula is C17H29N3. The van der Waals surface area contributed by atoms with Crippen molar-refractivity contribution in [3.8, 4) is 6.07 Å². The van der Waals surface area contributed by atoms with E-state index in [-0.39, 0.29) is 5.54 Å². The van der Waals surface area contributed by atoms with Crippen molar-refractivity contribution >= 4 is 0 Å². The average molecular weight is 275 g/mol. The van der Waals surface area contributed by atoms with Crippen LogP contribution >= 0.6 is 0 Å². The van der Waals surface area contributed by atoms with Gasteiger partial charge in [-0.1, -0.05) is 6.42 Å². The van der Waals surface area contributed by atoms with Crippen molar-refractivity contribution in [1.29, 1.82) is 5.26 Å². The molecule has 3 aliphatic rings. The van der Waals surface area contributed by atoms with E-state index in [4.69, 9.17) is 0 Å². The molecule has 0 aromatic carbocycles. The second-order valence-corrected chi connectivity index (χ2v) is 7.44. The topological polar surface area (TPSA) is 39.1 Å². The molecule has 0 spiro atoms. The van der Waals surface area contributed by atoms with Gasteiger partial charge in [-0.25, -0.2) is 0 Å². The fourth-order valence-electron chi connectivity index (χ4n) is 3.93. The molecule has 0 aliphatic heterocycles. The summed E-state index contributed by atoms with van der Waals surface area (Å²) >= 11 is 0. The van der Waals surface area contributed by atoms with Gasteiger partial charge in [-0.3, -0.25) is 5.32 Å². The molecule has 3 rings (SSSR count). The van der Waals surface area contributed by atoms with Crippen LogP contribution in [0.15, 0.2) is 0 Å². The van der Waals surface area contributed by atoms with Gasteiger partial charge in [0.2, 0.25) is 0 Å². The molecule has 0 heterocycles. The number of nitrogens with one attached hydrogen (secondary N) is 1. The lowest BCUT2D eigenvalue weighted by Crippen LogP contribution is -2.49. The molecule has 3 aliphatic carbocycles. The normalized spacial score (nSPS) is 35.2. The molecule has 3 saturated carbocycles. The van der Waals surface area contributed by atoms with Crippen LogP contribution in [-0.4, -0.2) is 36.1 Å². The Morgan fingerprint density at radius 3 is 2.65 bits per heavy atom. The van der Waals surface area contributed by atoms with E-state index >= 15 is 0 Å². The van der Waals surface area contributed by atoms with Crippen molar-refractivity contribution in [1.82, 2.24) is 10.2 Å². The van der Waals surface area contributed by atoms with Gasteiger partial charge in [-0.15, -0.1) is 0 Å². The molecule has 0 saturated heterocycles. The average Bonchev–Trinajstić information content (AvgIpc) is 3.35. The monoisotopic (exact) mass is 275 g/mol. The predicted molar refractivity (Wildman–Crippen MR) is 81.3 cm³/mol. The highest BCUT2D eigenvalue weighted by molar-refractivity contribution is 5.16. The maximum atomic E-state index is 9.71. The van der Waals surface area contributed by atoms with Crippen LogP contribution in [0.4, 0.5) is 0 Å². The number of hydrogen-bond acceptors (Lipinski definition) is 3. The summed E-state index contributed by atoms with van der Waals surface area (Å²) in [6.45, 7) is 3.52. The summed E-state index contributed by atoms with van der Waals surface area (Å²) in [7, 11) is 2.26. The number of nitrogens with zero attached hydrogens (tertiary/aromatic N) is 2. The number of nitriles is 1. The lowest BCUT2D eigenvalue weighted by atomic mass is 9.85. The minimum Gasteiger partial charge on any atom is -0.303 e. The molecule has 3 unspecified atom stereocenters. The lowest BCUT2D eigenvalue weighted by Gasteiger charge is -2.32. The van der Waals surface area contributed by atoms with E-state index in [0.29, 0.717) is 12.0 Å². The molecule has 3 atom stereocenters. The van der Waals surface area contributed by atoms with Crippen molar-refractivity contribution in [2.24, 2.45) is 11.8 Å². The number of rotatable bonds is 7. The van der Waals surface area contributed by atoms with Gasteiger partial charge < -0.3 is 4.90 Å². The van der Waals surface area contributed by atoms with Crippen molar-refractivity contribution in [2.75, 3.05) is 13.6 Å². The summed E-state index contributed by atoms with van der Waals surface area (Å²) < 4.78 is 0. The second-order valence-electron chi connectivity index (χ2n) is 7.44. The first-order chi connectivity index (χ1) is 9.64. The Balaban J connectivity index is 1.53. The van der Waals surface area contributed by atoms with Crippen molar-refractivity contribution < 1.29 is 0 Å². The molecule has 0 aromatic rings. The Kier molecular flexibility index (Phi) is 4.06. The third kappa shape index (κ3) is 3.02. The Hall–Kier alpha value is -0.590. The largest absolute Gasteiger partial charge is 0.303 e. The van der Waals surface area contributed by atoms with E-state index in [1.807, 2.05) is 0 Å². The molecule has 0 aromatic heterocycles. The quantitative estimate of drug-likeness (QED) is 0.776. The summed E-state index contributed by atoms with van der Waals surface area (Å²) in [5.74, 6) is 1.50. The van der Waals surface area contributed by atoms with Gasteiger partial charge in [0.1, 0.15) is 5.54 Å². The van der Waals surface area contributed by atoms with Gasteiger partial charge in [-0.2, -0.15) is 5.26 Å². The Bertz CT molecular complexity index is 380. The van der Waals surface area contributed by atoms with Crippen molar-refractivity contribution in [3.63, 3.8) is 0 Å². The van der Waals surface area contributed by atoms with Gasteiger partial charge in [-0.05, 0) is 77.3 Å². The molecule has 3 heteroatoms. The fraction of sp³-hybridized carbons (Fsp3) is 0.941. The van der Waals surface area contributed by atoms with E-state index in [9.17, 15) is 5.26 Å². The molecule has 0 amide bonds. The molecule has 112 valence electrons. The fourth-order valence-corrected chi connectivity index (χ4v) is 3.93. The summed E-state index contributed by atoms with van der Waals surface area (Å²) in [4.78, 5) is 2.52. The van der Waals surface area contributed by atoms with E-state index < -0.39 is 0 Å². The van der Waals surface area contributed by atoms with Gasteiger partial charge in [0.15, 0.2) is 0 Å². The van der Waals surface area contributed by atoms with Crippen LogP contribution in [0.1, 0.15) is 58.3 Å². The van der Waals surface area contributed by atoms with Crippen LogP contribution in [0.5, 0.6) is 0 Å². The van der Waals surface area contributed by atoms with Crippen LogP contribution in [0, 0.1) is 23.2 Å². The molecule has 0 radical (unpaired) electrons. The van der Waals surface area contributed by atoms with Crippen LogP contribution < -0.4 is 5.32 Å². The first-order valence-electron chi connectivity index (χ1n) is 8.54. The van der Waals surface area contributed by atoms with E-state index in [2.05, 4.69) is 30.3 Å². The Labute approximate surface area is 123 Å². The molecule has 3 nitrogen and oxygen atoms in total. The van der Waals surface area contributed by atoms with E-state index in [0.717, 1.165) is 24.9 Å². The standard InChI is InChI=1S/C17H29N3/c1-13(14-5-6-14)20(2)11-9-15-4-3-10-17(15,12-18)19-16-7-8-16/h13-16,19H,3-11H2,1-2H3. The maximum absolute atomic E-state index is 9.71. The van der Waals surface area contributed by atoms with Crippen LogP contribution in [0.25, 0.3) is 0 Å². The lowest BCUT2D eigenvalue weighted by molar-refractivity contribution is 0.198.